The first-order valence-electron chi connectivity index (χ1n) is 10.3. The number of aryl methyl sites for hydroxylation is 1. The zero-order chi connectivity index (χ0) is 26.3. The molecule has 12 heteroatoms. The molecule has 0 bridgehead atoms. The van der Waals surface area contributed by atoms with E-state index in [0.717, 1.165) is 25.1 Å². The van der Waals surface area contributed by atoms with Crippen molar-refractivity contribution in [2.45, 2.75) is 44.9 Å². The van der Waals surface area contributed by atoms with E-state index in [4.69, 9.17) is 16.3 Å². The Hall–Kier alpha value is -2.89. The van der Waals surface area contributed by atoms with Crippen molar-refractivity contribution in [2.24, 2.45) is 7.05 Å². The first-order valence-corrected chi connectivity index (χ1v) is 10.7. The maximum absolute atomic E-state index is 15.2. The Balaban J connectivity index is 2.11. The van der Waals surface area contributed by atoms with E-state index in [2.05, 4.69) is 10.3 Å². The fraction of sp³-hybridized carbons (Fsp3) is 0.348. The first-order chi connectivity index (χ1) is 16.1. The molecule has 0 aliphatic carbocycles. The molecule has 0 saturated heterocycles. The number of nitrogens with zero attached hydrogens (tertiary/aromatic N) is 2. The minimum atomic E-state index is -4.77. The summed E-state index contributed by atoms with van der Waals surface area (Å²) < 4.78 is 75.5. The lowest BCUT2D eigenvalue weighted by Crippen LogP contribution is -2.31. The van der Waals surface area contributed by atoms with Crippen molar-refractivity contribution < 1.29 is 36.9 Å². The molecule has 3 aromatic rings. The number of hydrogen-bond acceptors (Lipinski definition) is 5. The number of aliphatic hydroxyl groups excluding tert-OH is 1. The van der Waals surface area contributed by atoms with Gasteiger partial charge in [0.15, 0.2) is 12.3 Å². The summed E-state index contributed by atoms with van der Waals surface area (Å²) in [6, 6.07) is 5.41. The SMILES string of the molecule is C[C@H](Oc1cc(-c2cn(C)c(C(C)(C)O)n2)c(F)cc1C(O)Nc1c(F)cccc1Cl)C(F)(F)F. The third kappa shape index (κ3) is 5.85. The molecule has 1 aromatic heterocycles. The van der Waals surface area contributed by atoms with E-state index in [1.54, 1.807) is 7.05 Å². The number of benzene rings is 2. The predicted molar refractivity (Wildman–Crippen MR) is 120 cm³/mol. The second-order valence-electron chi connectivity index (χ2n) is 8.43. The number of alkyl halides is 3. The van der Waals surface area contributed by atoms with Gasteiger partial charge in [0.25, 0.3) is 0 Å². The average Bonchev–Trinajstić information content (AvgIpc) is 3.12. The minimum absolute atomic E-state index is 0.0118. The Morgan fingerprint density at radius 2 is 1.80 bits per heavy atom. The van der Waals surface area contributed by atoms with Crippen molar-refractivity contribution in [3.05, 3.63) is 64.6 Å². The molecule has 190 valence electrons. The maximum atomic E-state index is 15.2. The molecular formula is C23H23ClF5N3O3. The zero-order valence-corrected chi connectivity index (χ0v) is 19.8. The number of nitrogens with one attached hydrogen (secondary N) is 1. The van der Waals surface area contributed by atoms with Gasteiger partial charge in [-0.05, 0) is 45.0 Å². The number of halogens is 6. The van der Waals surface area contributed by atoms with Crippen LogP contribution >= 0.6 is 11.6 Å². The lowest BCUT2D eigenvalue weighted by Gasteiger charge is -2.23. The largest absolute Gasteiger partial charge is 0.481 e. The van der Waals surface area contributed by atoms with Gasteiger partial charge in [0.1, 0.15) is 28.8 Å². The third-order valence-corrected chi connectivity index (χ3v) is 5.42. The van der Waals surface area contributed by atoms with E-state index in [1.165, 1.54) is 36.7 Å². The summed E-state index contributed by atoms with van der Waals surface area (Å²) >= 11 is 5.94. The molecule has 2 aromatic carbocycles. The topological polar surface area (TPSA) is 79.5 Å². The van der Waals surface area contributed by atoms with Gasteiger partial charge >= 0.3 is 6.18 Å². The number of ether oxygens (including phenoxy) is 1. The highest BCUT2D eigenvalue weighted by Crippen LogP contribution is 2.38. The van der Waals surface area contributed by atoms with Crippen LogP contribution in [0.25, 0.3) is 11.3 Å². The van der Waals surface area contributed by atoms with Crippen LogP contribution in [-0.4, -0.2) is 32.0 Å². The molecule has 0 radical (unpaired) electrons. The van der Waals surface area contributed by atoms with Crippen molar-refractivity contribution in [2.75, 3.05) is 5.32 Å². The van der Waals surface area contributed by atoms with Gasteiger partial charge < -0.3 is 24.8 Å². The van der Waals surface area contributed by atoms with Gasteiger partial charge in [-0.2, -0.15) is 13.2 Å². The van der Waals surface area contributed by atoms with Crippen LogP contribution in [-0.2, 0) is 12.6 Å². The second-order valence-corrected chi connectivity index (χ2v) is 8.84. The van der Waals surface area contributed by atoms with Crippen LogP contribution in [0, 0.1) is 11.6 Å². The van der Waals surface area contributed by atoms with Crippen molar-refractivity contribution in [1.82, 2.24) is 9.55 Å². The van der Waals surface area contributed by atoms with Gasteiger partial charge in [-0.15, -0.1) is 0 Å². The molecule has 2 atom stereocenters. The molecule has 1 unspecified atom stereocenters. The van der Waals surface area contributed by atoms with Crippen molar-refractivity contribution in [3.63, 3.8) is 0 Å². The quantitative estimate of drug-likeness (QED) is 0.276. The monoisotopic (exact) mass is 519 g/mol. The Kier molecular flexibility index (Phi) is 7.35. The molecule has 3 N–H and O–H groups in total. The summed E-state index contributed by atoms with van der Waals surface area (Å²) in [6.07, 6.45) is -7.59. The van der Waals surface area contributed by atoms with E-state index >= 15 is 4.39 Å². The van der Waals surface area contributed by atoms with E-state index in [0.29, 0.717) is 0 Å². The molecule has 3 rings (SSSR count). The van der Waals surface area contributed by atoms with Crippen LogP contribution in [0.15, 0.2) is 36.5 Å². The van der Waals surface area contributed by atoms with Crippen LogP contribution in [0.4, 0.5) is 27.6 Å². The average molecular weight is 520 g/mol. The summed E-state index contributed by atoms with van der Waals surface area (Å²) in [6.45, 7) is 3.68. The van der Waals surface area contributed by atoms with Crippen LogP contribution in [0.3, 0.4) is 0 Å². The standard InChI is InChI=1S/C23H23ClF5N3O3/c1-11(23(27,28)29)35-18-9-12(17-10-32(4)21(30-17)22(2,3)34)16(26)8-13(18)20(33)31-19-14(24)6-5-7-15(19)25/h5-11,20,31,33-34H,1-4H3/t11-,20?/m0/s1. The highest BCUT2D eigenvalue weighted by atomic mass is 35.5. The summed E-state index contributed by atoms with van der Waals surface area (Å²) in [5.41, 5.74) is -2.37. The van der Waals surface area contributed by atoms with E-state index in [-0.39, 0.29) is 27.8 Å². The number of aliphatic hydroxyl groups is 2. The van der Waals surface area contributed by atoms with E-state index in [1.807, 2.05) is 0 Å². The summed E-state index contributed by atoms with van der Waals surface area (Å²) in [7, 11) is 1.56. The smallest absolute Gasteiger partial charge is 0.425 e. The normalized spacial score (nSPS) is 14.1. The number of aromatic nitrogens is 2. The van der Waals surface area contributed by atoms with Crippen LogP contribution < -0.4 is 10.1 Å². The summed E-state index contributed by atoms with van der Waals surface area (Å²) in [4.78, 5) is 4.20. The van der Waals surface area contributed by atoms with Crippen LogP contribution in [0.5, 0.6) is 5.75 Å². The highest BCUT2D eigenvalue weighted by Gasteiger charge is 2.39. The van der Waals surface area contributed by atoms with E-state index in [9.17, 15) is 27.8 Å². The fourth-order valence-corrected chi connectivity index (χ4v) is 3.57. The lowest BCUT2D eigenvalue weighted by atomic mass is 10.1. The van der Waals surface area contributed by atoms with Crippen molar-refractivity contribution >= 4 is 17.3 Å². The molecule has 0 spiro atoms. The Bertz CT molecular complexity index is 1200. The van der Waals surface area contributed by atoms with Gasteiger partial charge in [-0.1, -0.05) is 17.7 Å². The predicted octanol–water partition coefficient (Wildman–Crippen LogP) is 5.68. The maximum Gasteiger partial charge on any atom is 0.425 e. The zero-order valence-electron chi connectivity index (χ0n) is 19.1. The molecule has 0 aliphatic rings. The van der Waals surface area contributed by atoms with Gasteiger partial charge in [-0.25, -0.2) is 13.8 Å². The lowest BCUT2D eigenvalue weighted by molar-refractivity contribution is -0.189. The number of anilines is 1. The highest BCUT2D eigenvalue weighted by molar-refractivity contribution is 6.33. The number of hydrogen-bond donors (Lipinski definition) is 3. The number of rotatable bonds is 7. The second kappa shape index (κ2) is 9.63. The Morgan fingerprint density at radius 3 is 2.34 bits per heavy atom. The molecule has 0 aliphatic heterocycles. The molecule has 6 nitrogen and oxygen atoms in total. The Morgan fingerprint density at radius 1 is 1.14 bits per heavy atom. The van der Waals surface area contributed by atoms with Crippen molar-refractivity contribution in [1.29, 1.82) is 0 Å². The van der Waals surface area contributed by atoms with Gasteiger partial charge in [-0.3, -0.25) is 0 Å². The first kappa shape index (κ1) is 26.7. The summed E-state index contributed by atoms with van der Waals surface area (Å²) in [5, 5.41) is 23.1. The summed E-state index contributed by atoms with van der Waals surface area (Å²) in [5.74, 6) is -2.13. The molecule has 35 heavy (non-hydrogen) atoms. The number of para-hydroxylation sites is 1. The fourth-order valence-electron chi connectivity index (χ4n) is 3.35. The molecule has 0 fully saturated rings. The van der Waals surface area contributed by atoms with Gasteiger partial charge in [0.05, 0.1) is 16.4 Å². The molecule has 0 amide bonds. The van der Waals surface area contributed by atoms with Crippen LogP contribution in [0.2, 0.25) is 5.02 Å². The molecular weight excluding hydrogens is 497 g/mol. The van der Waals surface area contributed by atoms with Gasteiger partial charge in [0, 0.05) is 24.4 Å². The molecule has 1 heterocycles. The number of imidazole rings is 1. The van der Waals surface area contributed by atoms with Gasteiger partial charge in [0.2, 0.25) is 0 Å². The Labute approximate surface area is 202 Å². The van der Waals surface area contributed by atoms with Crippen LogP contribution in [0.1, 0.15) is 38.4 Å². The third-order valence-electron chi connectivity index (χ3n) is 5.10. The molecule has 0 saturated carbocycles. The van der Waals surface area contributed by atoms with E-state index < -0.39 is 47.1 Å². The minimum Gasteiger partial charge on any atom is -0.481 e. The van der Waals surface area contributed by atoms with Crippen molar-refractivity contribution in [3.8, 4) is 17.0 Å².